The number of carbonyl (C=O) groups excluding carboxylic acids is 1. The van der Waals surface area contributed by atoms with Gasteiger partial charge in [0.1, 0.15) is 11.6 Å². The molecule has 0 bridgehead atoms. The van der Waals surface area contributed by atoms with Gasteiger partial charge in [0, 0.05) is 16.5 Å². The lowest BCUT2D eigenvalue weighted by molar-refractivity contribution is -0.137. The monoisotopic (exact) mass is 493 g/mol. The van der Waals surface area contributed by atoms with Crippen molar-refractivity contribution in [3.8, 4) is 0 Å². The van der Waals surface area contributed by atoms with Crippen LogP contribution in [0.5, 0.6) is 0 Å². The molecular weight excluding hydrogens is 479 g/mol. The summed E-state index contributed by atoms with van der Waals surface area (Å²) in [6, 6.07) is 14.7. The van der Waals surface area contributed by atoms with E-state index in [0.717, 1.165) is 39.0 Å². The van der Waals surface area contributed by atoms with Crippen LogP contribution in [0, 0.1) is 0 Å². The van der Waals surface area contributed by atoms with E-state index in [-0.39, 0.29) is 11.3 Å². The molecule has 7 nitrogen and oxygen atoms in total. The van der Waals surface area contributed by atoms with Crippen LogP contribution >= 0.6 is 23.4 Å². The van der Waals surface area contributed by atoms with E-state index in [0.29, 0.717) is 15.8 Å². The molecule has 2 aromatic heterocycles. The van der Waals surface area contributed by atoms with Crippen molar-refractivity contribution < 1.29 is 18.0 Å². The number of fused-ring (bicyclic) bond motifs is 1. The van der Waals surface area contributed by atoms with Crippen LogP contribution in [-0.4, -0.2) is 25.3 Å². The molecule has 1 N–H and O–H groups in total. The summed E-state index contributed by atoms with van der Waals surface area (Å²) in [5, 5.41) is 12.0. The van der Waals surface area contributed by atoms with E-state index >= 15 is 0 Å². The predicted molar refractivity (Wildman–Crippen MR) is 118 cm³/mol. The zero-order valence-electron chi connectivity index (χ0n) is 16.7. The Morgan fingerprint density at radius 3 is 2.36 bits per heavy atom. The number of carbonyl (C=O) groups is 1. The largest absolute Gasteiger partial charge is 0.416 e. The number of nitrogens with zero attached hydrogens (tertiary/aromatic N) is 4. The van der Waals surface area contributed by atoms with Crippen molar-refractivity contribution in [3.05, 3.63) is 87.3 Å². The molecule has 170 valence electrons. The van der Waals surface area contributed by atoms with E-state index < -0.39 is 29.9 Å². The Morgan fingerprint density at radius 2 is 1.70 bits per heavy atom. The zero-order chi connectivity index (χ0) is 23.6. The summed E-state index contributed by atoms with van der Waals surface area (Å²) >= 11 is 7.30. The first-order chi connectivity index (χ1) is 15.7. The van der Waals surface area contributed by atoms with Gasteiger partial charge in [0.2, 0.25) is 5.91 Å². The summed E-state index contributed by atoms with van der Waals surface area (Å²) in [4.78, 5) is 24.9. The van der Waals surface area contributed by atoms with Crippen LogP contribution in [0.2, 0.25) is 5.02 Å². The lowest BCUT2D eigenvalue weighted by atomic mass is 10.2. The highest BCUT2D eigenvalue weighted by Crippen LogP contribution is 2.29. The fourth-order valence-corrected chi connectivity index (χ4v) is 3.83. The predicted octanol–water partition coefficient (Wildman–Crippen LogP) is 4.49. The third-order valence-corrected chi connectivity index (χ3v) is 5.75. The molecule has 0 fully saturated rings. The molecule has 2 heterocycles. The fraction of sp³-hybridized carbons (Fsp3) is 0.143. The molecule has 0 unspecified atom stereocenters. The molecule has 2 aromatic carbocycles. The zero-order valence-corrected chi connectivity index (χ0v) is 18.3. The van der Waals surface area contributed by atoms with Crippen LogP contribution in [0.1, 0.15) is 11.1 Å². The van der Waals surface area contributed by atoms with Gasteiger partial charge in [-0.2, -0.15) is 22.8 Å². The second kappa shape index (κ2) is 9.28. The minimum Gasteiger partial charge on any atom is -0.324 e. The van der Waals surface area contributed by atoms with Gasteiger partial charge in [-0.15, -0.1) is 5.10 Å². The number of hydrogen-bond acceptors (Lipinski definition) is 5. The number of halogens is 4. The van der Waals surface area contributed by atoms with Crippen molar-refractivity contribution >= 4 is 40.6 Å². The summed E-state index contributed by atoms with van der Waals surface area (Å²) in [5.41, 5.74) is 0.0330. The lowest BCUT2D eigenvalue weighted by Crippen LogP contribution is -2.28. The number of benzene rings is 2. The average Bonchev–Trinajstić information content (AvgIpc) is 3.08. The van der Waals surface area contributed by atoms with Crippen LogP contribution in [0.4, 0.5) is 18.9 Å². The maximum Gasteiger partial charge on any atom is 0.416 e. The van der Waals surface area contributed by atoms with Crippen molar-refractivity contribution in [2.24, 2.45) is 0 Å². The summed E-state index contributed by atoms with van der Waals surface area (Å²) in [6.07, 6.45) is -4.47. The second-order valence-electron chi connectivity index (χ2n) is 6.92. The van der Waals surface area contributed by atoms with Crippen molar-refractivity contribution in [2.45, 2.75) is 23.5 Å². The molecule has 4 rings (SSSR count). The van der Waals surface area contributed by atoms with E-state index in [9.17, 15) is 22.8 Å². The van der Waals surface area contributed by atoms with Gasteiger partial charge in [-0.1, -0.05) is 35.5 Å². The van der Waals surface area contributed by atoms with Gasteiger partial charge in [-0.25, -0.2) is 9.48 Å². The first-order valence-electron chi connectivity index (χ1n) is 9.50. The van der Waals surface area contributed by atoms with E-state index in [1.54, 1.807) is 24.3 Å². The Hall–Kier alpha value is -3.31. The van der Waals surface area contributed by atoms with Crippen LogP contribution in [0.3, 0.4) is 0 Å². The van der Waals surface area contributed by atoms with Gasteiger partial charge in [0.15, 0.2) is 5.65 Å². The molecule has 0 spiro atoms. The number of aromatic nitrogens is 4. The molecule has 0 aliphatic carbocycles. The van der Waals surface area contributed by atoms with Crippen molar-refractivity contribution in [1.82, 2.24) is 19.4 Å². The highest BCUT2D eigenvalue weighted by Gasteiger charge is 2.30. The minimum atomic E-state index is -4.47. The standard InChI is InChI=1S/C21H15ClF3N5O2S/c22-15-5-1-13(2-6-15)12-33-19-10-9-17-27-29(20(32)30(17)28-19)11-18(31)26-16-7-3-14(4-8-16)21(23,24)25/h1-10H,11-12H2,(H,26,31). The van der Waals surface area contributed by atoms with Crippen LogP contribution in [0.15, 0.2) is 70.5 Å². The highest BCUT2D eigenvalue weighted by atomic mass is 35.5. The first kappa shape index (κ1) is 22.9. The van der Waals surface area contributed by atoms with E-state index in [1.807, 2.05) is 12.1 Å². The van der Waals surface area contributed by atoms with Crippen LogP contribution < -0.4 is 11.0 Å². The average molecular weight is 494 g/mol. The molecule has 0 aliphatic rings. The molecule has 0 aliphatic heterocycles. The molecule has 0 saturated heterocycles. The first-order valence-corrected chi connectivity index (χ1v) is 10.9. The van der Waals surface area contributed by atoms with E-state index in [4.69, 9.17) is 11.6 Å². The number of rotatable bonds is 6. The van der Waals surface area contributed by atoms with Gasteiger partial charge in [0.25, 0.3) is 0 Å². The second-order valence-corrected chi connectivity index (χ2v) is 8.35. The quantitative estimate of drug-likeness (QED) is 0.400. The topological polar surface area (TPSA) is 81.3 Å². The van der Waals surface area contributed by atoms with Gasteiger partial charge < -0.3 is 5.32 Å². The normalized spacial score (nSPS) is 11.6. The van der Waals surface area contributed by atoms with Gasteiger partial charge in [-0.05, 0) is 54.1 Å². The molecule has 0 saturated carbocycles. The summed E-state index contributed by atoms with van der Waals surface area (Å²) in [5.74, 6) is 0.00581. The minimum absolute atomic E-state index is 0.170. The molecule has 12 heteroatoms. The van der Waals surface area contributed by atoms with Gasteiger partial charge in [0.05, 0.1) is 5.56 Å². The molecule has 33 heavy (non-hydrogen) atoms. The molecule has 4 aromatic rings. The van der Waals surface area contributed by atoms with Crippen molar-refractivity contribution in [1.29, 1.82) is 0 Å². The third kappa shape index (κ3) is 5.55. The number of nitrogens with one attached hydrogen (secondary N) is 1. The van der Waals surface area contributed by atoms with Crippen LogP contribution in [-0.2, 0) is 23.3 Å². The molecular formula is C21H15ClF3N5O2S. The fourth-order valence-electron chi connectivity index (χ4n) is 2.89. The number of thioether (sulfide) groups is 1. The third-order valence-electron chi connectivity index (χ3n) is 4.51. The number of anilines is 1. The maximum absolute atomic E-state index is 12.6. The Morgan fingerprint density at radius 1 is 1.00 bits per heavy atom. The smallest absolute Gasteiger partial charge is 0.324 e. The van der Waals surface area contributed by atoms with E-state index in [1.165, 1.54) is 11.8 Å². The van der Waals surface area contributed by atoms with Gasteiger partial charge in [-0.3, -0.25) is 4.79 Å². The molecule has 1 amide bonds. The summed E-state index contributed by atoms with van der Waals surface area (Å²) in [7, 11) is 0. The maximum atomic E-state index is 12.6. The summed E-state index contributed by atoms with van der Waals surface area (Å²) < 4.78 is 40.0. The number of hydrogen-bond donors (Lipinski definition) is 1. The molecule has 0 atom stereocenters. The summed E-state index contributed by atoms with van der Waals surface area (Å²) in [6.45, 7) is -0.420. The lowest BCUT2D eigenvalue weighted by Gasteiger charge is -2.08. The van der Waals surface area contributed by atoms with Crippen LogP contribution in [0.25, 0.3) is 5.65 Å². The van der Waals surface area contributed by atoms with Crippen molar-refractivity contribution in [2.75, 3.05) is 5.32 Å². The number of alkyl halides is 3. The number of amides is 1. The molecule has 0 radical (unpaired) electrons. The Labute approximate surface area is 194 Å². The van der Waals surface area contributed by atoms with Crippen molar-refractivity contribution in [3.63, 3.8) is 0 Å². The Kier molecular flexibility index (Phi) is 6.43. The Balaban J connectivity index is 1.43. The Bertz CT molecular complexity index is 1350. The van der Waals surface area contributed by atoms with Gasteiger partial charge >= 0.3 is 11.9 Å². The SMILES string of the molecule is O=C(Cn1nc2ccc(SCc3ccc(Cl)cc3)nn2c1=O)Nc1ccc(C(F)(F)F)cc1. The highest BCUT2D eigenvalue weighted by molar-refractivity contribution is 7.98. The van der Waals surface area contributed by atoms with E-state index in [2.05, 4.69) is 15.5 Å².